The molecule has 0 aromatic carbocycles. The number of aliphatic hydroxyl groups excluding tert-OH is 1. The maximum Gasteiger partial charge on any atom is 0.178 e. The maximum atomic E-state index is 9.51. The first-order valence-electron chi connectivity index (χ1n) is 4.89. The summed E-state index contributed by atoms with van der Waals surface area (Å²) in [4.78, 5) is 4.10. The Kier molecular flexibility index (Phi) is 2.07. The third-order valence-electron chi connectivity index (χ3n) is 2.64. The Morgan fingerprint density at radius 3 is 3.27 bits per heavy atom. The zero-order chi connectivity index (χ0) is 10.3. The zero-order valence-electron chi connectivity index (χ0n) is 8.01. The lowest BCUT2D eigenvalue weighted by Gasteiger charge is -2.14. The van der Waals surface area contributed by atoms with Gasteiger partial charge in [0.1, 0.15) is 12.1 Å². The summed E-state index contributed by atoms with van der Waals surface area (Å²) in [7, 11) is 0. The van der Waals surface area contributed by atoms with E-state index in [1.54, 1.807) is 0 Å². The van der Waals surface area contributed by atoms with Crippen LogP contribution in [0.15, 0.2) is 16.8 Å². The molecule has 1 atom stereocenters. The number of fused-ring (bicyclic) bond motifs is 1. The topological polar surface area (TPSA) is 59.2 Å². The molecule has 3 rings (SSSR count). The molecule has 1 aliphatic rings. The lowest BCUT2D eigenvalue weighted by Crippen LogP contribution is -2.16. The van der Waals surface area contributed by atoms with Gasteiger partial charge in [0, 0.05) is 6.42 Å². The van der Waals surface area contributed by atoms with Gasteiger partial charge < -0.3 is 9.52 Å². The van der Waals surface area contributed by atoms with Gasteiger partial charge in [-0.1, -0.05) is 0 Å². The fourth-order valence-electron chi connectivity index (χ4n) is 1.88. The van der Waals surface area contributed by atoms with Gasteiger partial charge in [-0.25, -0.2) is 4.98 Å². The van der Waals surface area contributed by atoms with Crippen LogP contribution in [0.25, 0.3) is 10.8 Å². The van der Waals surface area contributed by atoms with E-state index in [0.29, 0.717) is 6.42 Å². The Labute approximate surface area is 90.8 Å². The predicted octanol–water partition coefficient (Wildman–Crippen LogP) is 1.65. The second kappa shape index (κ2) is 3.43. The average Bonchev–Trinajstić information content (AvgIpc) is 2.84. The third kappa shape index (κ3) is 1.57. The minimum atomic E-state index is -0.258. The van der Waals surface area contributed by atoms with Crippen LogP contribution in [0.1, 0.15) is 17.7 Å². The summed E-state index contributed by atoms with van der Waals surface area (Å²) in [5, 5.41) is 10.3. The Hall–Kier alpha value is -1.20. The molecule has 0 amide bonds. The van der Waals surface area contributed by atoms with E-state index in [0.717, 1.165) is 29.4 Å². The van der Waals surface area contributed by atoms with Crippen LogP contribution in [-0.4, -0.2) is 20.6 Å². The fraction of sp³-hybridized carbons (Fsp3) is 0.400. The minimum absolute atomic E-state index is 0.258. The van der Waals surface area contributed by atoms with Crippen molar-refractivity contribution in [2.45, 2.75) is 25.4 Å². The molecule has 2 heterocycles. The van der Waals surface area contributed by atoms with E-state index < -0.39 is 0 Å². The maximum absolute atomic E-state index is 9.51. The van der Waals surface area contributed by atoms with Crippen LogP contribution in [0.5, 0.6) is 0 Å². The highest BCUT2D eigenvalue weighted by molar-refractivity contribution is 7.08. The lowest BCUT2D eigenvalue weighted by molar-refractivity contribution is 0.150. The highest BCUT2D eigenvalue weighted by atomic mass is 32.1. The van der Waals surface area contributed by atoms with Gasteiger partial charge in [0.2, 0.25) is 0 Å². The van der Waals surface area contributed by atoms with Crippen molar-refractivity contribution < 1.29 is 9.52 Å². The van der Waals surface area contributed by atoms with Crippen molar-refractivity contribution in [3.05, 3.63) is 23.7 Å². The summed E-state index contributed by atoms with van der Waals surface area (Å²) in [5.74, 6) is 1.68. The summed E-state index contributed by atoms with van der Waals surface area (Å²) in [5.41, 5.74) is 1.20. The standard InChI is InChI=1S/C10H10N2O2S/c13-7-2-1-6-3-9(14-8(6)4-7)10-11-5-12-15-10/h3,5,7,13H,1-2,4H2. The smallest absolute Gasteiger partial charge is 0.178 e. The van der Waals surface area contributed by atoms with Crippen molar-refractivity contribution in [1.82, 2.24) is 9.36 Å². The number of furan rings is 1. The molecule has 0 saturated heterocycles. The summed E-state index contributed by atoms with van der Waals surface area (Å²) in [6, 6.07) is 2.02. The molecule has 78 valence electrons. The molecule has 15 heavy (non-hydrogen) atoms. The van der Waals surface area contributed by atoms with Crippen molar-refractivity contribution in [2.24, 2.45) is 0 Å². The van der Waals surface area contributed by atoms with Crippen molar-refractivity contribution in [3.8, 4) is 10.8 Å². The van der Waals surface area contributed by atoms with E-state index in [-0.39, 0.29) is 6.10 Å². The van der Waals surface area contributed by atoms with Gasteiger partial charge in [0.25, 0.3) is 0 Å². The Balaban J connectivity index is 2.00. The minimum Gasteiger partial charge on any atom is -0.458 e. The molecule has 2 aromatic heterocycles. The molecule has 0 saturated carbocycles. The van der Waals surface area contributed by atoms with Crippen LogP contribution in [0.3, 0.4) is 0 Å². The molecule has 2 aromatic rings. The monoisotopic (exact) mass is 222 g/mol. The van der Waals surface area contributed by atoms with Gasteiger partial charge in [-0.2, -0.15) is 4.37 Å². The van der Waals surface area contributed by atoms with Crippen LogP contribution in [0.4, 0.5) is 0 Å². The van der Waals surface area contributed by atoms with Crippen molar-refractivity contribution >= 4 is 11.5 Å². The molecular weight excluding hydrogens is 212 g/mol. The number of aromatic nitrogens is 2. The zero-order valence-corrected chi connectivity index (χ0v) is 8.83. The highest BCUT2D eigenvalue weighted by Gasteiger charge is 2.22. The molecule has 0 bridgehead atoms. The first-order valence-corrected chi connectivity index (χ1v) is 5.67. The summed E-state index contributed by atoms with van der Waals surface area (Å²) >= 11 is 1.32. The Morgan fingerprint density at radius 2 is 2.47 bits per heavy atom. The molecular formula is C10H10N2O2S. The highest BCUT2D eigenvalue weighted by Crippen LogP contribution is 2.30. The molecule has 1 unspecified atom stereocenters. The number of aliphatic hydroxyl groups is 1. The quantitative estimate of drug-likeness (QED) is 0.797. The SMILES string of the molecule is OC1CCc2cc(-c3ncns3)oc2C1. The number of aryl methyl sites for hydroxylation is 1. The average molecular weight is 222 g/mol. The first-order chi connectivity index (χ1) is 7.33. The normalized spacial score (nSPS) is 20.2. The third-order valence-corrected chi connectivity index (χ3v) is 3.32. The summed E-state index contributed by atoms with van der Waals surface area (Å²) in [6.45, 7) is 0. The molecule has 0 spiro atoms. The van der Waals surface area contributed by atoms with E-state index in [1.807, 2.05) is 6.07 Å². The Bertz CT molecular complexity index is 464. The molecule has 0 aliphatic heterocycles. The lowest BCUT2D eigenvalue weighted by atomic mass is 9.96. The van der Waals surface area contributed by atoms with E-state index in [9.17, 15) is 5.11 Å². The van der Waals surface area contributed by atoms with E-state index in [1.165, 1.54) is 23.4 Å². The second-order valence-corrected chi connectivity index (χ2v) is 4.48. The molecule has 1 N–H and O–H groups in total. The van der Waals surface area contributed by atoms with Gasteiger partial charge in [0.15, 0.2) is 10.8 Å². The molecule has 0 fully saturated rings. The summed E-state index contributed by atoms with van der Waals surface area (Å²) in [6.07, 6.45) is 3.59. The number of rotatable bonds is 1. The van der Waals surface area contributed by atoms with Crippen LogP contribution in [-0.2, 0) is 12.8 Å². The predicted molar refractivity (Wildman–Crippen MR) is 55.6 cm³/mol. The largest absolute Gasteiger partial charge is 0.458 e. The van der Waals surface area contributed by atoms with E-state index in [2.05, 4.69) is 9.36 Å². The van der Waals surface area contributed by atoms with Crippen molar-refractivity contribution in [1.29, 1.82) is 0 Å². The Morgan fingerprint density at radius 1 is 1.53 bits per heavy atom. The fourth-order valence-corrected chi connectivity index (χ4v) is 2.36. The van der Waals surface area contributed by atoms with Crippen LogP contribution in [0.2, 0.25) is 0 Å². The van der Waals surface area contributed by atoms with Gasteiger partial charge >= 0.3 is 0 Å². The van der Waals surface area contributed by atoms with Crippen molar-refractivity contribution in [3.63, 3.8) is 0 Å². The van der Waals surface area contributed by atoms with Gasteiger partial charge in [0.05, 0.1) is 6.10 Å². The number of hydrogen-bond acceptors (Lipinski definition) is 5. The second-order valence-electron chi connectivity index (χ2n) is 3.70. The molecule has 1 aliphatic carbocycles. The van der Waals surface area contributed by atoms with E-state index in [4.69, 9.17) is 4.42 Å². The van der Waals surface area contributed by atoms with Crippen LogP contribution >= 0.6 is 11.5 Å². The van der Waals surface area contributed by atoms with Crippen molar-refractivity contribution in [2.75, 3.05) is 0 Å². The van der Waals surface area contributed by atoms with Gasteiger partial charge in [-0.15, -0.1) is 0 Å². The van der Waals surface area contributed by atoms with E-state index >= 15 is 0 Å². The molecule has 0 radical (unpaired) electrons. The van der Waals surface area contributed by atoms with Crippen LogP contribution in [0, 0.1) is 0 Å². The number of nitrogens with zero attached hydrogens (tertiary/aromatic N) is 2. The molecule has 4 nitrogen and oxygen atoms in total. The van der Waals surface area contributed by atoms with Gasteiger partial charge in [-0.3, -0.25) is 0 Å². The first kappa shape index (κ1) is 9.06. The van der Waals surface area contributed by atoms with Gasteiger partial charge in [-0.05, 0) is 36.0 Å². The van der Waals surface area contributed by atoms with Crippen LogP contribution < -0.4 is 0 Å². The summed E-state index contributed by atoms with van der Waals surface area (Å²) < 4.78 is 9.61. The number of hydrogen-bond donors (Lipinski definition) is 1. The molecule has 5 heteroatoms.